The molecule has 0 aliphatic rings. The normalized spacial score (nSPS) is 12.2. The summed E-state index contributed by atoms with van der Waals surface area (Å²) in [6.07, 6.45) is 1.15. The first-order valence-electron chi connectivity index (χ1n) is 4.72. The highest BCUT2D eigenvalue weighted by Gasteiger charge is 2.04. The lowest BCUT2D eigenvalue weighted by molar-refractivity contribution is -0.869. The predicted octanol–water partition coefficient (Wildman–Crippen LogP) is -1.16. The summed E-state index contributed by atoms with van der Waals surface area (Å²) in [5, 5.41) is 3.23. The molecule has 0 fully saturated rings. The van der Waals surface area contributed by atoms with E-state index in [1.165, 1.54) is 0 Å². The van der Waals surface area contributed by atoms with Gasteiger partial charge in [0.05, 0.1) is 40.4 Å². The second kappa shape index (κ2) is 6.50. The highest BCUT2D eigenvalue weighted by molar-refractivity contribution is 6.25. The van der Waals surface area contributed by atoms with Crippen molar-refractivity contribution in [2.24, 2.45) is 10.7 Å². The van der Waals surface area contributed by atoms with Gasteiger partial charge in [-0.3, -0.25) is 9.79 Å². The molecule has 0 saturated carbocycles. The fraction of sp³-hybridized carbons (Fsp3) is 0.778. The van der Waals surface area contributed by atoms with E-state index in [4.69, 9.17) is 5.73 Å². The smallest absolute Gasteiger partial charge is 0.259 e. The number of amides is 1. The van der Waals surface area contributed by atoms with Gasteiger partial charge in [-0.25, -0.2) is 0 Å². The van der Waals surface area contributed by atoms with Gasteiger partial charge in [-0.15, -0.1) is 0 Å². The summed E-state index contributed by atoms with van der Waals surface area (Å²) >= 11 is 0. The maximum Gasteiger partial charge on any atom is 0.259 e. The maximum absolute atomic E-state index is 10.3. The van der Waals surface area contributed by atoms with Crippen LogP contribution < -0.4 is 11.1 Å². The molecule has 0 heterocycles. The molecule has 0 bridgehead atoms. The van der Waals surface area contributed by atoms with E-state index in [0.717, 1.165) is 30.3 Å². The molecule has 0 saturated heterocycles. The van der Waals surface area contributed by atoms with Crippen LogP contribution in [0.15, 0.2) is 4.99 Å². The van der Waals surface area contributed by atoms with E-state index in [0.29, 0.717) is 6.54 Å². The highest BCUT2D eigenvalue weighted by atomic mass is 16.1. The summed E-state index contributed by atoms with van der Waals surface area (Å²) in [5.41, 5.74) is 4.88. The van der Waals surface area contributed by atoms with Crippen LogP contribution in [-0.4, -0.2) is 63.9 Å². The molecule has 5 nitrogen and oxygen atoms in total. The third kappa shape index (κ3) is 11.1. The first kappa shape index (κ1) is 13.1. The van der Waals surface area contributed by atoms with Crippen LogP contribution >= 0.6 is 0 Å². The van der Waals surface area contributed by atoms with Crippen LogP contribution in [0.25, 0.3) is 0 Å². The molecule has 0 atom stereocenters. The zero-order valence-electron chi connectivity index (χ0n) is 9.29. The Labute approximate surface area is 85.6 Å². The van der Waals surface area contributed by atoms with Crippen LogP contribution in [0.1, 0.15) is 0 Å². The average molecular weight is 201 g/mol. The van der Waals surface area contributed by atoms with Crippen molar-refractivity contribution >= 4 is 12.1 Å². The number of carbonyl (C=O) groups is 1. The Morgan fingerprint density at radius 1 is 1.43 bits per heavy atom. The molecule has 0 unspecified atom stereocenters. The van der Waals surface area contributed by atoms with Gasteiger partial charge in [-0.2, -0.15) is 0 Å². The number of hydrogen-bond acceptors (Lipinski definition) is 3. The first-order chi connectivity index (χ1) is 6.42. The molecular formula is C9H21N4O+. The van der Waals surface area contributed by atoms with E-state index in [1.807, 2.05) is 0 Å². The Hall–Kier alpha value is -0.940. The number of rotatable bonds is 7. The van der Waals surface area contributed by atoms with Gasteiger partial charge >= 0.3 is 0 Å². The minimum Gasteiger partial charge on any atom is -0.365 e. The maximum atomic E-state index is 10.3. The molecule has 0 aromatic rings. The van der Waals surface area contributed by atoms with E-state index in [-0.39, 0.29) is 0 Å². The second-order valence-corrected chi connectivity index (χ2v) is 4.20. The number of primary amides is 1. The van der Waals surface area contributed by atoms with Crippen molar-refractivity contribution in [1.29, 1.82) is 0 Å². The van der Waals surface area contributed by atoms with Gasteiger partial charge in [0.15, 0.2) is 0 Å². The average Bonchev–Trinajstić information content (AvgIpc) is 2.00. The fourth-order valence-corrected chi connectivity index (χ4v) is 0.838. The van der Waals surface area contributed by atoms with Crippen molar-refractivity contribution in [3.63, 3.8) is 0 Å². The zero-order valence-corrected chi connectivity index (χ0v) is 9.29. The standard InChI is InChI=1S/C9H20N4O/c1-13(2,3)7-6-11-4-5-12-8-9(10)14/h8,11H,4-7H2,1-3H3,(H-,10,14)/p+1. The predicted molar refractivity (Wildman–Crippen MR) is 58.3 cm³/mol. The summed E-state index contributed by atoms with van der Waals surface area (Å²) in [7, 11) is 6.44. The Morgan fingerprint density at radius 3 is 2.57 bits per heavy atom. The van der Waals surface area contributed by atoms with Crippen LogP contribution in [0.5, 0.6) is 0 Å². The van der Waals surface area contributed by atoms with Crippen LogP contribution in [0.2, 0.25) is 0 Å². The van der Waals surface area contributed by atoms with Crippen LogP contribution in [0.4, 0.5) is 0 Å². The third-order valence-electron chi connectivity index (χ3n) is 1.60. The number of carbonyl (C=O) groups excluding carboxylic acids is 1. The number of hydrogen-bond donors (Lipinski definition) is 2. The molecule has 0 aliphatic heterocycles. The number of aliphatic imine (C=N–C) groups is 1. The second-order valence-electron chi connectivity index (χ2n) is 4.20. The molecule has 1 amide bonds. The number of nitrogens with two attached hydrogens (primary N) is 1. The summed E-state index contributed by atoms with van der Waals surface area (Å²) in [5.74, 6) is -0.489. The molecule has 0 radical (unpaired) electrons. The molecule has 0 aliphatic carbocycles. The van der Waals surface area contributed by atoms with Gasteiger partial charge in [-0.1, -0.05) is 0 Å². The Kier molecular flexibility index (Phi) is 6.07. The highest BCUT2D eigenvalue weighted by Crippen LogP contribution is 1.85. The van der Waals surface area contributed by atoms with Crippen LogP contribution in [0.3, 0.4) is 0 Å². The Balaban J connectivity index is 3.27. The molecule has 0 spiro atoms. The molecule has 0 aromatic heterocycles. The van der Waals surface area contributed by atoms with E-state index in [1.54, 1.807) is 0 Å². The molecule has 0 aromatic carbocycles. The SMILES string of the molecule is C[N+](C)(C)CCNCCN=CC(N)=O. The summed E-state index contributed by atoms with van der Waals surface area (Å²) in [6, 6.07) is 0. The quantitative estimate of drug-likeness (QED) is 0.310. The Morgan fingerprint density at radius 2 is 2.07 bits per heavy atom. The molecule has 82 valence electrons. The lowest BCUT2D eigenvalue weighted by Crippen LogP contribution is -2.40. The van der Waals surface area contributed by atoms with Gasteiger partial charge in [0.25, 0.3) is 5.91 Å². The van der Waals surface area contributed by atoms with Gasteiger partial charge in [0.1, 0.15) is 0 Å². The third-order valence-corrected chi connectivity index (χ3v) is 1.60. The topological polar surface area (TPSA) is 67.5 Å². The van der Waals surface area contributed by atoms with Gasteiger partial charge in [0.2, 0.25) is 0 Å². The van der Waals surface area contributed by atoms with Crippen molar-refractivity contribution < 1.29 is 9.28 Å². The Bertz CT molecular complexity index is 195. The summed E-state index contributed by atoms with van der Waals surface area (Å²) < 4.78 is 0.942. The van der Waals surface area contributed by atoms with Gasteiger partial charge in [0, 0.05) is 13.1 Å². The van der Waals surface area contributed by atoms with E-state index >= 15 is 0 Å². The molecule has 3 N–H and O–H groups in total. The summed E-state index contributed by atoms with van der Waals surface area (Å²) in [4.78, 5) is 14.1. The lowest BCUT2D eigenvalue weighted by atomic mass is 10.5. The van der Waals surface area contributed by atoms with Crippen molar-refractivity contribution in [1.82, 2.24) is 5.32 Å². The van der Waals surface area contributed by atoms with E-state index in [2.05, 4.69) is 31.5 Å². The fourth-order valence-electron chi connectivity index (χ4n) is 0.838. The number of likely N-dealkylation sites (N-methyl/N-ethyl adjacent to an activating group) is 1. The van der Waals surface area contributed by atoms with Crippen molar-refractivity contribution in [3.05, 3.63) is 0 Å². The van der Waals surface area contributed by atoms with Crippen LogP contribution in [0, 0.1) is 0 Å². The van der Waals surface area contributed by atoms with Crippen molar-refractivity contribution in [3.8, 4) is 0 Å². The van der Waals surface area contributed by atoms with E-state index in [9.17, 15) is 4.79 Å². The van der Waals surface area contributed by atoms with Crippen molar-refractivity contribution in [2.45, 2.75) is 0 Å². The number of quaternary nitrogens is 1. The van der Waals surface area contributed by atoms with Crippen LogP contribution in [-0.2, 0) is 4.79 Å². The minimum absolute atomic E-state index is 0.489. The monoisotopic (exact) mass is 201 g/mol. The van der Waals surface area contributed by atoms with Gasteiger partial charge in [-0.05, 0) is 0 Å². The molecule has 14 heavy (non-hydrogen) atoms. The zero-order chi connectivity index (χ0) is 11.0. The molecular weight excluding hydrogens is 180 g/mol. The van der Waals surface area contributed by atoms with Gasteiger partial charge < -0.3 is 15.5 Å². The molecule has 5 heteroatoms. The lowest BCUT2D eigenvalue weighted by Gasteiger charge is -2.23. The van der Waals surface area contributed by atoms with Crippen molar-refractivity contribution in [2.75, 3.05) is 47.3 Å². The first-order valence-corrected chi connectivity index (χ1v) is 4.72. The molecule has 0 rings (SSSR count). The summed E-state index contributed by atoms with van der Waals surface area (Å²) in [6.45, 7) is 3.40. The minimum atomic E-state index is -0.489. The largest absolute Gasteiger partial charge is 0.365 e. The number of nitrogens with zero attached hydrogens (tertiary/aromatic N) is 2. The van der Waals surface area contributed by atoms with E-state index < -0.39 is 5.91 Å². The number of nitrogens with one attached hydrogen (secondary N) is 1.